The maximum absolute atomic E-state index is 5.42. The van der Waals surface area contributed by atoms with E-state index in [4.69, 9.17) is 4.74 Å². The number of nitrogens with one attached hydrogen (secondary N) is 1. The molecule has 0 aliphatic carbocycles. The van der Waals surface area contributed by atoms with E-state index in [1.165, 1.54) is 22.5 Å². The third-order valence-corrected chi connectivity index (χ3v) is 3.84. The minimum absolute atomic E-state index is 0.0285. The predicted molar refractivity (Wildman–Crippen MR) is 80.8 cm³/mol. The van der Waals surface area contributed by atoms with Crippen LogP contribution in [0.15, 0.2) is 24.3 Å². The minimum Gasteiger partial charge on any atom is -0.378 e. The first-order chi connectivity index (χ1) is 9.05. The van der Waals surface area contributed by atoms with Gasteiger partial charge >= 0.3 is 0 Å². The standard InChI is InChI=1S/C16H22N2O/c1-12-11-16(2,3)17-15-10-13(4-5-14(12)15)18-6-8-19-9-7-18/h4-5,10-11,17H,6-9H2,1-3H3. The van der Waals surface area contributed by atoms with Gasteiger partial charge in [0, 0.05) is 30.0 Å². The van der Waals surface area contributed by atoms with Crippen LogP contribution in [-0.2, 0) is 4.74 Å². The molecule has 0 unspecified atom stereocenters. The second-order valence-electron chi connectivity index (χ2n) is 6.00. The highest BCUT2D eigenvalue weighted by molar-refractivity contribution is 5.82. The molecular weight excluding hydrogens is 236 g/mol. The Balaban J connectivity index is 1.94. The third-order valence-electron chi connectivity index (χ3n) is 3.84. The molecule has 2 heterocycles. The van der Waals surface area contributed by atoms with Gasteiger partial charge in [0.2, 0.25) is 0 Å². The van der Waals surface area contributed by atoms with E-state index in [1.807, 2.05) is 0 Å². The SMILES string of the molecule is CC1=CC(C)(C)Nc2cc(N3CCOCC3)ccc21. The van der Waals surface area contributed by atoms with Crippen LogP contribution in [0.5, 0.6) is 0 Å². The van der Waals surface area contributed by atoms with Crippen LogP contribution in [0.2, 0.25) is 0 Å². The molecule has 102 valence electrons. The number of hydrogen-bond acceptors (Lipinski definition) is 3. The summed E-state index contributed by atoms with van der Waals surface area (Å²) < 4.78 is 5.42. The molecule has 1 fully saturated rings. The van der Waals surface area contributed by atoms with Crippen molar-refractivity contribution >= 4 is 16.9 Å². The Bertz CT molecular complexity index is 513. The van der Waals surface area contributed by atoms with Crippen LogP contribution < -0.4 is 10.2 Å². The molecule has 1 saturated heterocycles. The van der Waals surface area contributed by atoms with Gasteiger partial charge in [0.1, 0.15) is 0 Å². The Labute approximate surface area is 115 Å². The smallest absolute Gasteiger partial charge is 0.0642 e. The number of morpholine rings is 1. The number of nitrogens with zero attached hydrogens (tertiary/aromatic N) is 1. The zero-order chi connectivity index (χ0) is 13.5. The lowest BCUT2D eigenvalue weighted by Gasteiger charge is -2.34. The second-order valence-corrected chi connectivity index (χ2v) is 6.00. The van der Waals surface area contributed by atoms with E-state index >= 15 is 0 Å². The number of rotatable bonds is 1. The Kier molecular flexibility index (Phi) is 3.02. The van der Waals surface area contributed by atoms with Gasteiger partial charge in [0.05, 0.1) is 18.8 Å². The number of anilines is 2. The fourth-order valence-corrected chi connectivity index (χ4v) is 3.00. The van der Waals surface area contributed by atoms with Crippen molar-refractivity contribution in [3.63, 3.8) is 0 Å². The molecule has 2 aliphatic rings. The molecule has 0 aromatic heterocycles. The Morgan fingerprint density at radius 3 is 2.68 bits per heavy atom. The molecule has 1 aromatic carbocycles. The Morgan fingerprint density at radius 2 is 1.95 bits per heavy atom. The molecule has 3 rings (SSSR count). The van der Waals surface area contributed by atoms with Gasteiger partial charge in [-0.2, -0.15) is 0 Å². The van der Waals surface area contributed by atoms with Crippen molar-refractivity contribution in [1.29, 1.82) is 0 Å². The van der Waals surface area contributed by atoms with E-state index in [-0.39, 0.29) is 5.54 Å². The first-order valence-corrected chi connectivity index (χ1v) is 7.00. The van der Waals surface area contributed by atoms with Crippen molar-refractivity contribution in [3.05, 3.63) is 29.8 Å². The topological polar surface area (TPSA) is 24.5 Å². The van der Waals surface area contributed by atoms with Crippen LogP contribution in [0, 0.1) is 0 Å². The molecule has 3 nitrogen and oxygen atoms in total. The molecule has 1 aromatic rings. The van der Waals surface area contributed by atoms with Crippen LogP contribution in [0.3, 0.4) is 0 Å². The zero-order valence-corrected chi connectivity index (χ0v) is 12.0. The predicted octanol–water partition coefficient (Wildman–Crippen LogP) is 3.13. The van der Waals surface area contributed by atoms with Gasteiger partial charge in [0.15, 0.2) is 0 Å². The summed E-state index contributed by atoms with van der Waals surface area (Å²) in [7, 11) is 0. The highest BCUT2D eigenvalue weighted by Gasteiger charge is 2.23. The average molecular weight is 258 g/mol. The highest BCUT2D eigenvalue weighted by atomic mass is 16.5. The lowest BCUT2D eigenvalue weighted by molar-refractivity contribution is 0.122. The minimum atomic E-state index is 0.0285. The van der Waals surface area contributed by atoms with Crippen molar-refractivity contribution < 1.29 is 4.74 Å². The van der Waals surface area contributed by atoms with Gasteiger partial charge in [-0.1, -0.05) is 12.1 Å². The first-order valence-electron chi connectivity index (χ1n) is 7.00. The third kappa shape index (κ3) is 2.47. The first kappa shape index (κ1) is 12.5. The average Bonchev–Trinajstić information content (AvgIpc) is 2.37. The maximum Gasteiger partial charge on any atom is 0.0642 e. The number of hydrogen-bond donors (Lipinski definition) is 1. The van der Waals surface area contributed by atoms with Gasteiger partial charge in [-0.05, 0) is 38.5 Å². The molecule has 0 bridgehead atoms. The molecule has 0 atom stereocenters. The number of ether oxygens (including phenoxy) is 1. The lowest BCUT2D eigenvalue weighted by atomic mass is 9.91. The quantitative estimate of drug-likeness (QED) is 0.837. The largest absolute Gasteiger partial charge is 0.378 e. The number of fused-ring (bicyclic) bond motifs is 1. The van der Waals surface area contributed by atoms with E-state index in [2.05, 4.69) is 55.3 Å². The molecule has 2 aliphatic heterocycles. The molecule has 19 heavy (non-hydrogen) atoms. The van der Waals surface area contributed by atoms with E-state index in [1.54, 1.807) is 0 Å². The number of allylic oxidation sites excluding steroid dienone is 1. The Morgan fingerprint density at radius 1 is 1.21 bits per heavy atom. The van der Waals surface area contributed by atoms with E-state index in [0.29, 0.717) is 0 Å². The number of benzene rings is 1. The lowest BCUT2D eigenvalue weighted by Crippen LogP contribution is -2.36. The zero-order valence-electron chi connectivity index (χ0n) is 12.0. The van der Waals surface area contributed by atoms with Crippen LogP contribution in [0.1, 0.15) is 26.3 Å². The molecular formula is C16H22N2O. The Hall–Kier alpha value is -1.48. The highest BCUT2D eigenvalue weighted by Crippen LogP contribution is 2.36. The van der Waals surface area contributed by atoms with Crippen molar-refractivity contribution in [2.24, 2.45) is 0 Å². The van der Waals surface area contributed by atoms with Crippen LogP contribution in [0.4, 0.5) is 11.4 Å². The molecule has 0 spiro atoms. The summed E-state index contributed by atoms with van der Waals surface area (Å²) in [5, 5.41) is 3.61. The summed E-state index contributed by atoms with van der Waals surface area (Å²) in [4.78, 5) is 2.39. The molecule has 0 saturated carbocycles. The van der Waals surface area contributed by atoms with Crippen molar-refractivity contribution in [2.45, 2.75) is 26.3 Å². The van der Waals surface area contributed by atoms with Crippen molar-refractivity contribution in [1.82, 2.24) is 0 Å². The van der Waals surface area contributed by atoms with Crippen LogP contribution in [0.25, 0.3) is 5.57 Å². The normalized spacial score (nSPS) is 21.4. The van der Waals surface area contributed by atoms with Crippen LogP contribution >= 0.6 is 0 Å². The second kappa shape index (κ2) is 4.57. The van der Waals surface area contributed by atoms with Gasteiger partial charge < -0.3 is 15.0 Å². The van der Waals surface area contributed by atoms with Crippen molar-refractivity contribution in [2.75, 3.05) is 36.5 Å². The molecule has 0 amide bonds. The fourth-order valence-electron chi connectivity index (χ4n) is 3.00. The fraction of sp³-hybridized carbons (Fsp3) is 0.500. The summed E-state index contributed by atoms with van der Waals surface area (Å²) in [5.74, 6) is 0. The molecule has 1 N–H and O–H groups in total. The summed E-state index contributed by atoms with van der Waals surface area (Å²) in [5.41, 5.74) is 5.23. The van der Waals surface area contributed by atoms with Crippen molar-refractivity contribution in [3.8, 4) is 0 Å². The summed E-state index contributed by atoms with van der Waals surface area (Å²) in [6, 6.07) is 6.73. The van der Waals surface area contributed by atoms with Gasteiger partial charge in [-0.3, -0.25) is 0 Å². The van der Waals surface area contributed by atoms with Gasteiger partial charge in [-0.25, -0.2) is 0 Å². The van der Waals surface area contributed by atoms with E-state index in [9.17, 15) is 0 Å². The molecule has 3 heteroatoms. The van der Waals surface area contributed by atoms with Crippen LogP contribution in [-0.4, -0.2) is 31.8 Å². The van der Waals surface area contributed by atoms with E-state index < -0.39 is 0 Å². The van der Waals surface area contributed by atoms with Gasteiger partial charge in [0.25, 0.3) is 0 Å². The maximum atomic E-state index is 5.42. The summed E-state index contributed by atoms with van der Waals surface area (Å²) in [6.45, 7) is 10.2. The summed E-state index contributed by atoms with van der Waals surface area (Å²) >= 11 is 0. The monoisotopic (exact) mass is 258 g/mol. The molecule has 0 radical (unpaired) electrons. The summed E-state index contributed by atoms with van der Waals surface area (Å²) in [6.07, 6.45) is 2.30. The van der Waals surface area contributed by atoms with Gasteiger partial charge in [-0.15, -0.1) is 0 Å². The van der Waals surface area contributed by atoms with E-state index in [0.717, 1.165) is 26.3 Å².